The summed E-state index contributed by atoms with van der Waals surface area (Å²) in [6, 6.07) is 20.1. The summed E-state index contributed by atoms with van der Waals surface area (Å²) in [5.41, 5.74) is 1.23. The van der Waals surface area contributed by atoms with Gasteiger partial charge in [0.2, 0.25) is 5.91 Å². The number of methoxy groups -OCH3 is 2. The van der Waals surface area contributed by atoms with Crippen molar-refractivity contribution < 1.29 is 29.0 Å². The average molecular weight is 551 g/mol. The van der Waals surface area contributed by atoms with Crippen molar-refractivity contribution in [2.24, 2.45) is 0 Å². The van der Waals surface area contributed by atoms with Crippen molar-refractivity contribution in [1.82, 2.24) is 0 Å². The Labute approximate surface area is 227 Å². The number of anilines is 2. The van der Waals surface area contributed by atoms with Crippen molar-refractivity contribution in [2.45, 2.75) is 4.90 Å². The minimum Gasteiger partial charge on any atom is -0.495 e. The Morgan fingerprint density at radius 2 is 1.55 bits per heavy atom. The molecule has 38 heavy (non-hydrogen) atoms. The predicted octanol–water partition coefficient (Wildman–Crippen LogP) is 6.19. The summed E-state index contributed by atoms with van der Waals surface area (Å²) in [6.45, 7) is 0. The third kappa shape index (κ3) is 6.01. The van der Waals surface area contributed by atoms with Crippen LogP contribution in [0.2, 0.25) is 5.02 Å². The van der Waals surface area contributed by atoms with Crippen molar-refractivity contribution in [2.75, 3.05) is 30.6 Å². The molecule has 0 aliphatic heterocycles. The fourth-order valence-electron chi connectivity index (χ4n) is 3.86. The molecule has 2 amide bonds. The topological polar surface area (TPSA) is 114 Å². The highest BCUT2D eigenvalue weighted by Gasteiger charge is 2.17. The van der Waals surface area contributed by atoms with Crippen LogP contribution in [0, 0.1) is 0 Å². The van der Waals surface area contributed by atoms with Crippen LogP contribution in [-0.4, -0.2) is 42.9 Å². The number of carbonyl (C=O) groups excluding carboxylic acids is 2. The molecule has 10 heteroatoms. The second kappa shape index (κ2) is 11.9. The molecule has 0 fully saturated rings. The number of hydrogen-bond acceptors (Lipinski definition) is 6. The zero-order chi connectivity index (χ0) is 27.2. The molecule has 4 aromatic carbocycles. The van der Waals surface area contributed by atoms with Crippen LogP contribution in [0.5, 0.6) is 11.5 Å². The van der Waals surface area contributed by atoms with Crippen LogP contribution in [0.3, 0.4) is 0 Å². The summed E-state index contributed by atoms with van der Waals surface area (Å²) in [5.74, 6) is -0.892. The molecule has 4 rings (SSSR count). The Morgan fingerprint density at radius 1 is 0.868 bits per heavy atom. The summed E-state index contributed by atoms with van der Waals surface area (Å²) >= 11 is 7.45. The van der Waals surface area contributed by atoms with E-state index in [1.165, 1.54) is 32.0 Å². The van der Waals surface area contributed by atoms with E-state index in [-0.39, 0.29) is 22.8 Å². The molecule has 0 spiro atoms. The number of thioether (sulfide) groups is 1. The number of hydrogen-bond donors (Lipinski definition) is 3. The lowest BCUT2D eigenvalue weighted by atomic mass is 9.98. The molecule has 0 aliphatic rings. The summed E-state index contributed by atoms with van der Waals surface area (Å²) in [5, 5.41) is 16.6. The Hall–Kier alpha value is -4.21. The van der Waals surface area contributed by atoms with Crippen molar-refractivity contribution in [3.8, 4) is 11.5 Å². The van der Waals surface area contributed by atoms with E-state index in [0.717, 1.165) is 4.90 Å². The maximum absolute atomic E-state index is 13.1. The van der Waals surface area contributed by atoms with Crippen molar-refractivity contribution in [3.05, 3.63) is 88.9 Å². The molecule has 0 radical (unpaired) electrons. The van der Waals surface area contributed by atoms with Gasteiger partial charge in [0.15, 0.2) is 0 Å². The third-order valence-electron chi connectivity index (χ3n) is 5.59. The van der Waals surface area contributed by atoms with E-state index < -0.39 is 11.9 Å². The van der Waals surface area contributed by atoms with Gasteiger partial charge in [-0.1, -0.05) is 41.9 Å². The highest BCUT2D eigenvalue weighted by Crippen LogP contribution is 2.36. The first-order valence-corrected chi connectivity index (χ1v) is 12.7. The van der Waals surface area contributed by atoms with Crippen molar-refractivity contribution in [3.63, 3.8) is 0 Å². The molecule has 0 atom stereocenters. The molecule has 3 N–H and O–H groups in total. The van der Waals surface area contributed by atoms with E-state index in [1.54, 1.807) is 60.7 Å². The first-order valence-electron chi connectivity index (χ1n) is 11.3. The van der Waals surface area contributed by atoms with E-state index in [2.05, 4.69) is 10.6 Å². The van der Waals surface area contributed by atoms with Gasteiger partial charge in [0, 0.05) is 27.6 Å². The number of aromatic carboxylic acids is 1. The maximum Gasteiger partial charge on any atom is 0.336 e. The lowest BCUT2D eigenvalue weighted by Crippen LogP contribution is -2.15. The molecule has 0 bridgehead atoms. The van der Waals surface area contributed by atoms with Crippen LogP contribution in [0.4, 0.5) is 11.4 Å². The second-order valence-corrected chi connectivity index (χ2v) is 9.48. The summed E-state index contributed by atoms with van der Waals surface area (Å²) in [4.78, 5) is 38.2. The molecule has 8 nitrogen and oxygen atoms in total. The molecule has 0 aliphatic carbocycles. The zero-order valence-electron chi connectivity index (χ0n) is 20.4. The smallest absolute Gasteiger partial charge is 0.336 e. The van der Waals surface area contributed by atoms with Gasteiger partial charge in [-0.05, 0) is 41.8 Å². The highest BCUT2D eigenvalue weighted by atomic mass is 35.5. The molecule has 0 heterocycles. The lowest BCUT2D eigenvalue weighted by Gasteiger charge is -2.13. The SMILES string of the molecule is COc1cc(OC)c(NC(=O)CSc2cccc(NC(=O)c3cccc4cccc(C(=O)O)c34)c2)cc1Cl. The number of ether oxygens (including phenoxy) is 2. The van der Waals surface area contributed by atoms with Crippen LogP contribution in [0.25, 0.3) is 10.8 Å². The highest BCUT2D eigenvalue weighted by molar-refractivity contribution is 8.00. The molecular weight excluding hydrogens is 528 g/mol. The van der Waals surface area contributed by atoms with Crippen LogP contribution in [0.15, 0.2) is 77.7 Å². The first-order chi connectivity index (χ1) is 18.3. The van der Waals surface area contributed by atoms with Gasteiger partial charge in [-0.25, -0.2) is 4.79 Å². The Morgan fingerprint density at radius 3 is 2.24 bits per heavy atom. The number of carboxylic acid groups (broad SMARTS) is 1. The van der Waals surface area contributed by atoms with E-state index in [9.17, 15) is 19.5 Å². The Bertz CT molecular complexity index is 1540. The van der Waals surface area contributed by atoms with Gasteiger partial charge >= 0.3 is 5.97 Å². The Kier molecular flexibility index (Phi) is 8.40. The molecule has 0 saturated heterocycles. The number of amides is 2. The number of fused-ring (bicyclic) bond motifs is 1. The molecule has 4 aromatic rings. The largest absolute Gasteiger partial charge is 0.495 e. The van der Waals surface area contributed by atoms with Crippen LogP contribution < -0.4 is 20.1 Å². The fraction of sp³-hybridized carbons (Fsp3) is 0.107. The van der Waals surface area contributed by atoms with Gasteiger partial charge in [-0.2, -0.15) is 0 Å². The standard InChI is InChI=1S/C28H23ClN2O6S/c1-36-23-14-24(37-2)22(13-21(23)29)31-25(32)15-38-18-9-5-8-17(12-18)30-27(33)19-10-3-6-16-7-4-11-20(26(16)19)28(34)35/h3-14H,15H2,1-2H3,(H,30,33)(H,31,32)(H,34,35). The van der Waals surface area contributed by atoms with E-state index in [4.69, 9.17) is 21.1 Å². The minimum absolute atomic E-state index is 0.0540. The predicted molar refractivity (Wildman–Crippen MR) is 149 cm³/mol. The lowest BCUT2D eigenvalue weighted by molar-refractivity contribution is -0.113. The number of benzene rings is 4. The molecule has 194 valence electrons. The summed E-state index contributed by atoms with van der Waals surface area (Å²) in [6.07, 6.45) is 0. The van der Waals surface area contributed by atoms with Gasteiger partial charge < -0.3 is 25.2 Å². The van der Waals surface area contributed by atoms with Gasteiger partial charge in [0.05, 0.1) is 36.2 Å². The quantitative estimate of drug-likeness (QED) is 0.213. The minimum atomic E-state index is -1.11. The number of nitrogens with one attached hydrogen (secondary N) is 2. The summed E-state index contributed by atoms with van der Waals surface area (Å²) in [7, 11) is 2.97. The molecule has 0 saturated carbocycles. The van der Waals surface area contributed by atoms with Crippen molar-refractivity contribution >= 4 is 63.3 Å². The summed E-state index contributed by atoms with van der Waals surface area (Å²) < 4.78 is 10.5. The first kappa shape index (κ1) is 26.8. The van der Waals surface area contributed by atoms with Crippen LogP contribution in [-0.2, 0) is 4.79 Å². The number of rotatable bonds is 9. The molecule has 0 aromatic heterocycles. The normalized spacial score (nSPS) is 10.6. The third-order valence-corrected chi connectivity index (χ3v) is 6.88. The van der Waals surface area contributed by atoms with E-state index in [1.807, 2.05) is 6.07 Å². The van der Waals surface area contributed by atoms with Gasteiger partial charge in [-0.3, -0.25) is 9.59 Å². The second-order valence-electron chi connectivity index (χ2n) is 8.02. The number of carbonyl (C=O) groups is 3. The van der Waals surface area contributed by atoms with Gasteiger partial charge in [-0.15, -0.1) is 11.8 Å². The number of carboxylic acids is 1. The van der Waals surface area contributed by atoms with Crippen molar-refractivity contribution in [1.29, 1.82) is 0 Å². The zero-order valence-corrected chi connectivity index (χ0v) is 22.0. The van der Waals surface area contributed by atoms with E-state index in [0.29, 0.717) is 38.7 Å². The van der Waals surface area contributed by atoms with E-state index >= 15 is 0 Å². The molecular formula is C28H23ClN2O6S. The number of halogens is 1. The maximum atomic E-state index is 13.1. The van der Waals surface area contributed by atoms with Crippen LogP contribution in [0.1, 0.15) is 20.7 Å². The van der Waals surface area contributed by atoms with Gasteiger partial charge in [0.25, 0.3) is 5.91 Å². The monoisotopic (exact) mass is 550 g/mol. The fourth-order valence-corrected chi connectivity index (χ4v) is 4.86. The average Bonchev–Trinajstić information content (AvgIpc) is 2.91. The molecule has 0 unspecified atom stereocenters. The Balaban J connectivity index is 1.45. The van der Waals surface area contributed by atoms with Crippen LogP contribution >= 0.6 is 23.4 Å². The van der Waals surface area contributed by atoms with Gasteiger partial charge in [0.1, 0.15) is 11.5 Å².